The van der Waals surface area contributed by atoms with Crippen LogP contribution in [0.3, 0.4) is 0 Å². The predicted octanol–water partition coefficient (Wildman–Crippen LogP) is 4.78. The van der Waals surface area contributed by atoms with Gasteiger partial charge < -0.3 is 9.72 Å². The summed E-state index contributed by atoms with van der Waals surface area (Å²) in [7, 11) is 0. The first kappa shape index (κ1) is 17.8. The van der Waals surface area contributed by atoms with Crippen molar-refractivity contribution in [1.82, 2.24) is 19.6 Å². The number of benzene rings is 2. The maximum absolute atomic E-state index is 13.1. The zero-order valence-electron chi connectivity index (χ0n) is 15.7. The molecule has 3 heterocycles. The van der Waals surface area contributed by atoms with E-state index in [0.29, 0.717) is 17.1 Å². The van der Waals surface area contributed by atoms with E-state index >= 15 is 0 Å². The summed E-state index contributed by atoms with van der Waals surface area (Å²) in [6, 6.07) is 20.9. The minimum atomic E-state index is -0.327. The van der Waals surface area contributed by atoms with Crippen LogP contribution < -0.4 is 5.32 Å². The molecule has 30 heavy (non-hydrogen) atoms. The van der Waals surface area contributed by atoms with Crippen LogP contribution in [0.25, 0.3) is 28.2 Å². The number of para-hydroxylation sites is 1. The lowest BCUT2D eigenvalue weighted by Gasteiger charge is -2.08. The molecule has 0 spiro atoms. The number of carbonyl (C=O) groups excluding carboxylic acids is 1. The first-order chi connectivity index (χ1) is 14.7. The third-order valence-corrected chi connectivity index (χ3v) is 4.78. The van der Waals surface area contributed by atoms with Gasteiger partial charge >= 0.3 is 0 Å². The van der Waals surface area contributed by atoms with Gasteiger partial charge in [0.1, 0.15) is 17.2 Å². The number of halogens is 1. The summed E-state index contributed by atoms with van der Waals surface area (Å²) < 4.78 is 15.1. The number of H-pyrrole nitrogens is 1. The molecular formula is C23H16FN5O. The zero-order chi connectivity index (χ0) is 20.5. The van der Waals surface area contributed by atoms with Gasteiger partial charge in [0.25, 0.3) is 5.91 Å². The molecule has 2 N–H and O–H groups in total. The van der Waals surface area contributed by atoms with Crippen LogP contribution in [0.4, 0.5) is 10.1 Å². The second-order valence-electron chi connectivity index (χ2n) is 6.77. The van der Waals surface area contributed by atoms with Gasteiger partial charge in [-0.05, 0) is 48.5 Å². The normalized spacial score (nSPS) is 11.0. The summed E-state index contributed by atoms with van der Waals surface area (Å²) in [5, 5.41) is 9.83. The smallest absolute Gasteiger partial charge is 0.273 e. The van der Waals surface area contributed by atoms with Crippen molar-refractivity contribution in [1.29, 1.82) is 0 Å². The molecule has 0 aliphatic rings. The summed E-state index contributed by atoms with van der Waals surface area (Å²) in [6.07, 6.45) is 3.85. The van der Waals surface area contributed by atoms with Crippen LogP contribution in [0.5, 0.6) is 0 Å². The molecule has 0 saturated carbocycles. The summed E-state index contributed by atoms with van der Waals surface area (Å²) >= 11 is 0. The van der Waals surface area contributed by atoms with Crippen LogP contribution in [-0.4, -0.2) is 25.5 Å². The van der Waals surface area contributed by atoms with Crippen molar-refractivity contribution in [3.63, 3.8) is 0 Å². The average Bonchev–Trinajstić information content (AvgIpc) is 3.42. The number of aromatic amines is 1. The SMILES string of the molecule is O=C(Nc1ccccc1-c1cn2ccccc2n1)c1cc(-c2ccc(F)cc2)n[nH]1. The van der Waals surface area contributed by atoms with Gasteiger partial charge in [0.2, 0.25) is 0 Å². The van der Waals surface area contributed by atoms with Crippen LogP contribution in [0.1, 0.15) is 10.5 Å². The molecule has 0 atom stereocenters. The number of amides is 1. The van der Waals surface area contributed by atoms with Crippen molar-refractivity contribution < 1.29 is 9.18 Å². The number of carbonyl (C=O) groups is 1. The van der Waals surface area contributed by atoms with Crippen molar-refractivity contribution in [2.45, 2.75) is 0 Å². The van der Waals surface area contributed by atoms with E-state index in [-0.39, 0.29) is 11.7 Å². The number of nitrogens with one attached hydrogen (secondary N) is 2. The Kier molecular flexibility index (Phi) is 4.33. The van der Waals surface area contributed by atoms with Crippen molar-refractivity contribution in [2.24, 2.45) is 0 Å². The molecule has 6 nitrogen and oxygen atoms in total. The average molecular weight is 397 g/mol. The molecule has 0 aliphatic carbocycles. The highest BCUT2D eigenvalue weighted by molar-refractivity contribution is 6.05. The molecule has 0 aliphatic heterocycles. The van der Waals surface area contributed by atoms with E-state index in [2.05, 4.69) is 20.5 Å². The van der Waals surface area contributed by atoms with Gasteiger partial charge in [0.15, 0.2) is 0 Å². The van der Waals surface area contributed by atoms with Crippen molar-refractivity contribution in [3.05, 3.63) is 96.7 Å². The summed E-state index contributed by atoms with van der Waals surface area (Å²) in [4.78, 5) is 17.4. The molecule has 0 radical (unpaired) electrons. The fourth-order valence-electron chi connectivity index (χ4n) is 3.28. The monoisotopic (exact) mass is 397 g/mol. The van der Waals surface area contributed by atoms with E-state index in [4.69, 9.17) is 0 Å². The molecule has 2 aromatic carbocycles. The third kappa shape index (κ3) is 3.33. The van der Waals surface area contributed by atoms with Crippen LogP contribution in [0.15, 0.2) is 85.2 Å². The van der Waals surface area contributed by atoms with Crippen LogP contribution in [-0.2, 0) is 0 Å². The Morgan fingerprint density at radius 1 is 0.967 bits per heavy atom. The molecule has 3 aromatic heterocycles. The number of nitrogens with zero attached hydrogens (tertiary/aromatic N) is 3. The van der Waals surface area contributed by atoms with E-state index in [1.165, 1.54) is 12.1 Å². The van der Waals surface area contributed by atoms with Crippen LogP contribution in [0.2, 0.25) is 0 Å². The highest BCUT2D eigenvalue weighted by Gasteiger charge is 2.15. The topological polar surface area (TPSA) is 75.1 Å². The van der Waals surface area contributed by atoms with Gasteiger partial charge in [-0.3, -0.25) is 9.89 Å². The van der Waals surface area contributed by atoms with E-state index < -0.39 is 0 Å². The van der Waals surface area contributed by atoms with Gasteiger partial charge in [-0.15, -0.1) is 0 Å². The van der Waals surface area contributed by atoms with Crippen LogP contribution >= 0.6 is 0 Å². The summed E-state index contributed by atoms with van der Waals surface area (Å²) in [5.41, 5.74) is 4.63. The number of aromatic nitrogens is 4. The van der Waals surface area contributed by atoms with Crippen molar-refractivity contribution in [2.75, 3.05) is 5.32 Å². The van der Waals surface area contributed by atoms with E-state index in [1.54, 1.807) is 18.2 Å². The Bertz CT molecular complexity index is 1320. The Morgan fingerprint density at radius 3 is 2.60 bits per heavy atom. The minimum absolute atomic E-state index is 0.305. The van der Waals surface area contributed by atoms with Gasteiger partial charge in [-0.1, -0.05) is 24.3 Å². The molecule has 0 bridgehead atoms. The zero-order valence-corrected chi connectivity index (χ0v) is 15.7. The van der Waals surface area contributed by atoms with E-state index in [1.807, 2.05) is 59.3 Å². The first-order valence-corrected chi connectivity index (χ1v) is 9.33. The molecule has 7 heteroatoms. The van der Waals surface area contributed by atoms with Crippen LogP contribution in [0, 0.1) is 5.82 Å². The number of anilines is 1. The predicted molar refractivity (Wildman–Crippen MR) is 113 cm³/mol. The fraction of sp³-hybridized carbons (Fsp3) is 0. The standard InChI is InChI=1S/C23H16FN5O/c24-16-10-8-15(9-11-16)19-13-20(28-27-19)23(30)26-18-6-2-1-5-17(18)21-14-29-12-4-3-7-22(29)25-21/h1-14H,(H,26,30)(H,27,28). The lowest BCUT2D eigenvalue weighted by molar-refractivity contribution is 0.102. The maximum Gasteiger partial charge on any atom is 0.273 e. The first-order valence-electron chi connectivity index (χ1n) is 9.33. The molecule has 5 aromatic rings. The largest absolute Gasteiger partial charge is 0.320 e. The van der Waals surface area contributed by atoms with E-state index in [9.17, 15) is 9.18 Å². The maximum atomic E-state index is 13.1. The summed E-state index contributed by atoms with van der Waals surface area (Å²) in [5.74, 6) is -0.650. The molecule has 146 valence electrons. The van der Waals surface area contributed by atoms with E-state index in [0.717, 1.165) is 22.5 Å². The van der Waals surface area contributed by atoms with Gasteiger partial charge in [-0.25, -0.2) is 9.37 Å². The van der Waals surface area contributed by atoms with Gasteiger partial charge in [0.05, 0.1) is 17.1 Å². The highest BCUT2D eigenvalue weighted by atomic mass is 19.1. The number of rotatable bonds is 4. The molecule has 5 rings (SSSR count). The summed E-state index contributed by atoms with van der Waals surface area (Å²) in [6.45, 7) is 0. The Balaban J connectivity index is 1.42. The number of imidazole rings is 1. The quantitative estimate of drug-likeness (QED) is 0.458. The number of hydrogen-bond donors (Lipinski definition) is 2. The fourth-order valence-corrected chi connectivity index (χ4v) is 3.28. The second-order valence-corrected chi connectivity index (χ2v) is 6.77. The molecule has 0 saturated heterocycles. The molecule has 0 fully saturated rings. The third-order valence-electron chi connectivity index (χ3n) is 4.78. The molecular weight excluding hydrogens is 381 g/mol. The minimum Gasteiger partial charge on any atom is -0.320 e. The number of fused-ring (bicyclic) bond motifs is 1. The van der Waals surface area contributed by atoms with Gasteiger partial charge in [-0.2, -0.15) is 5.10 Å². The van der Waals surface area contributed by atoms with Gasteiger partial charge in [0, 0.05) is 23.5 Å². The number of pyridine rings is 1. The van der Waals surface area contributed by atoms with Crippen molar-refractivity contribution >= 4 is 17.2 Å². The lowest BCUT2D eigenvalue weighted by Crippen LogP contribution is -2.13. The second kappa shape index (κ2) is 7.29. The molecule has 1 amide bonds. The Hall–Kier alpha value is -4.26. The number of hydrogen-bond acceptors (Lipinski definition) is 3. The highest BCUT2D eigenvalue weighted by Crippen LogP contribution is 2.28. The Morgan fingerprint density at radius 2 is 1.77 bits per heavy atom. The van der Waals surface area contributed by atoms with Crippen molar-refractivity contribution in [3.8, 4) is 22.5 Å². The lowest BCUT2D eigenvalue weighted by atomic mass is 10.1. The Labute approximate surface area is 171 Å². The molecule has 0 unspecified atom stereocenters.